The lowest BCUT2D eigenvalue weighted by Crippen LogP contribution is -2.68. The van der Waals surface area contributed by atoms with Crippen molar-refractivity contribution in [1.29, 1.82) is 0 Å². The van der Waals surface area contributed by atoms with Gasteiger partial charge in [0.25, 0.3) is 5.91 Å². The van der Waals surface area contributed by atoms with Crippen LogP contribution in [-0.4, -0.2) is 63.5 Å². The lowest BCUT2D eigenvalue weighted by Gasteiger charge is -2.54. The minimum Gasteiger partial charge on any atom is -0.487 e. The summed E-state index contributed by atoms with van der Waals surface area (Å²) in [6, 6.07) is 11.0. The Labute approximate surface area is 166 Å². The van der Waals surface area contributed by atoms with E-state index in [0.29, 0.717) is 23.7 Å². The third-order valence-corrected chi connectivity index (χ3v) is 5.94. The Bertz CT molecular complexity index is 776. The Morgan fingerprint density at radius 3 is 2.54 bits per heavy atom. The van der Waals surface area contributed by atoms with E-state index in [1.165, 1.54) is 0 Å². The highest BCUT2D eigenvalue weighted by Crippen LogP contribution is 2.36. The summed E-state index contributed by atoms with van der Waals surface area (Å²) in [5, 5.41) is 0. The van der Waals surface area contributed by atoms with Gasteiger partial charge in [0.15, 0.2) is 0 Å². The maximum Gasteiger partial charge on any atom is 0.274 e. The second-order valence-electron chi connectivity index (χ2n) is 7.97. The number of piperidine rings is 1. The van der Waals surface area contributed by atoms with Crippen LogP contribution in [0.2, 0.25) is 0 Å². The van der Waals surface area contributed by atoms with Crippen molar-refractivity contribution in [3.63, 3.8) is 0 Å². The predicted octanol–water partition coefficient (Wildman–Crippen LogP) is 2.87. The van der Waals surface area contributed by atoms with Crippen molar-refractivity contribution in [3.05, 3.63) is 54.6 Å². The molecule has 4 rings (SSSR count). The Morgan fingerprint density at radius 1 is 1.14 bits per heavy atom. The van der Waals surface area contributed by atoms with Crippen LogP contribution in [0.3, 0.4) is 0 Å². The zero-order chi connectivity index (χ0) is 19.5. The normalized spacial score (nSPS) is 23.5. The molecule has 2 aliphatic rings. The molecule has 6 heteroatoms. The molecular weight excluding hydrogens is 352 g/mol. The van der Waals surface area contributed by atoms with Gasteiger partial charge in [0.05, 0.1) is 12.2 Å². The number of para-hydroxylation sites is 1. The van der Waals surface area contributed by atoms with Crippen molar-refractivity contribution in [2.75, 3.05) is 19.6 Å². The molecule has 148 valence electrons. The van der Waals surface area contributed by atoms with Crippen molar-refractivity contribution in [1.82, 2.24) is 19.8 Å². The highest BCUT2D eigenvalue weighted by atomic mass is 16.5. The number of ether oxygens (including phenoxy) is 1. The first kappa shape index (κ1) is 18.9. The van der Waals surface area contributed by atoms with E-state index >= 15 is 0 Å². The first-order chi connectivity index (χ1) is 13.6. The molecule has 0 bridgehead atoms. The molecule has 0 spiro atoms. The van der Waals surface area contributed by atoms with Gasteiger partial charge in [-0.15, -0.1) is 0 Å². The molecule has 2 aromatic rings. The van der Waals surface area contributed by atoms with E-state index in [0.717, 1.165) is 38.2 Å². The zero-order valence-electron chi connectivity index (χ0n) is 16.6. The number of likely N-dealkylation sites (tertiary alicyclic amines) is 2. The quantitative estimate of drug-likeness (QED) is 0.798. The van der Waals surface area contributed by atoms with Crippen LogP contribution in [0.5, 0.6) is 5.75 Å². The van der Waals surface area contributed by atoms with Crippen LogP contribution in [0.1, 0.15) is 37.2 Å². The molecule has 1 aromatic heterocycles. The number of hydrogen-bond acceptors (Lipinski definition) is 5. The number of carbonyl (C=O) groups excluding carboxylic acids is 1. The molecule has 0 saturated carbocycles. The van der Waals surface area contributed by atoms with Crippen molar-refractivity contribution in [2.24, 2.45) is 5.92 Å². The van der Waals surface area contributed by atoms with E-state index < -0.39 is 0 Å². The van der Waals surface area contributed by atoms with Crippen LogP contribution < -0.4 is 4.74 Å². The van der Waals surface area contributed by atoms with Crippen LogP contribution in [0.15, 0.2) is 48.9 Å². The molecule has 0 radical (unpaired) electrons. The highest BCUT2D eigenvalue weighted by Gasteiger charge is 2.47. The number of carbonyl (C=O) groups is 1. The standard InChI is InChI=1S/C22H28N4O2/c1-16(2)26-15-20(28-18-6-4-3-5-7-18)21(26)17-8-12-25(13-9-17)22(27)19-14-23-10-11-24-19/h3-7,10-11,14,16-17,20-21H,8-9,12-13,15H2,1-2H3/t20-,21-/m0/s1. The molecule has 2 saturated heterocycles. The molecule has 2 atom stereocenters. The average molecular weight is 380 g/mol. The Morgan fingerprint density at radius 2 is 1.89 bits per heavy atom. The van der Waals surface area contributed by atoms with Gasteiger partial charge in [0.1, 0.15) is 17.5 Å². The predicted molar refractivity (Wildman–Crippen MR) is 107 cm³/mol. The Hall–Kier alpha value is -2.47. The summed E-state index contributed by atoms with van der Waals surface area (Å²) in [6.45, 7) is 6.99. The summed E-state index contributed by atoms with van der Waals surface area (Å²) in [4.78, 5) is 25.2. The number of rotatable bonds is 5. The fraction of sp³-hybridized carbons (Fsp3) is 0.500. The van der Waals surface area contributed by atoms with E-state index in [2.05, 4.69) is 28.7 Å². The number of amides is 1. The molecule has 2 fully saturated rings. The van der Waals surface area contributed by atoms with Crippen molar-refractivity contribution >= 4 is 5.91 Å². The molecule has 2 aliphatic heterocycles. The van der Waals surface area contributed by atoms with Gasteiger partial charge >= 0.3 is 0 Å². The van der Waals surface area contributed by atoms with Gasteiger partial charge in [0, 0.05) is 38.1 Å². The Kier molecular flexibility index (Phi) is 5.57. The van der Waals surface area contributed by atoms with E-state index in [4.69, 9.17) is 4.74 Å². The summed E-state index contributed by atoms with van der Waals surface area (Å²) in [5.41, 5.74) is 0.429. The van der Waals surface area contributed by atoms with Crippen molar-refractivity contribution in [3.8, 4) is 5.75 Å². The van der Waals surface area contributed by atoms with Gasteiger partial charge in [-0.25, -0.2) is 4.98 Å². The van der Waals surface area contributed by atoms with E-state index in [-0.39, 0.29) is 12.0 Å². The maximum absolute atomic E-state index is 12.6. The minimum absolute atomic E-state index is 0.0158. The van der Waals surface area contributed by atoms with Crippen LogP contribution in [-0.2, 0) is 0 Å². The van der Waals surface area contributed by atoms with Gasteiger partial charge in [-0.2, -0.15) is 0 Å². The number of nitrogens with zero attached hydrogens (tertiary/aromatic N) is 4. The number of hydrogen-bond donors (Lipinski definition) is 0. The minimum atomic E-state index is -0.0158. The molecule has 28 heavy (non-hydrogen) atoms. The number of aromatic nitrogens is 2. The third kappa shape index (κ3) is 3.87. The zero-order valence-corrected chi connectivity index (χ0v) is 16.6. The van der Waals surface area contributed by atoms with Crippen molar-refractivity contribution < 1.29 is 9.53 Å². The van der Waals surface area contributed by atoms with Crippen LogP contribution in [0.4, 0.5) is 0 Å². The summed E-state index contributed by atoms with van der Waals surface area (Å²) >= 11 is 0. The smallest absolute Gasteiger partial charge is 0.274 e. The van der Waals surface area contributed by atoms with Crippen LogP contribution in [0, 0.1) is 5.92 Å². The van der Waals surface area contributed by atoms with Crippen LogP contribution in [0.25, 0.3) is 0 Å². The monoisotopic (exact) mass is 380 g/mol. The first-order valence-corrected chi connectivity index (χ1v) is 10.2. The molecular formula is C22H28N4O2. The van der Waals surface area contributed by atoms with E-state index in [1.807, 2.05) is 35.2 Å². The molecule has 1 aromatic carbocycles. The maximum atomic E-state index is 12.6. The fourth-order valence-electron chi connectivity index (χ4n) is 4.44. The fourth-order valence-corrected chi connectivity index (χ4v) is 4.44. The lowest BCUT2D eigenvalue weighted by atomic mass is 9.79. The van der Waals surface area contributed by atoms with Gasteiger partial charge in [-0.3, -0.25) is 14.7 Å². The van der Waals surface area contributed by atoms with Gasteiger partial charge in [0.2, 0.25) is 0 Å². The molecule has 6 nitrogen and oxygen atoms in total. The van der Waals surface area contributed by atoms with Crippen LogP contribution >= 0.6 is 0 Å². The second-order valence-corrected chi connectivity index (χ2v) is 7.97. The molecule has 0 N–H and O–H groups in total. The topological polar surface area (TPSA) is 58.6 Å². The summed E-state index contributed by atoms with van der Waals surface area (Å²) in [7, 11) is 0. The third-order valence-electron chi connectivity index (χ3n) is 5.94. The molecule has 0 aliphatic carbocycles. The highest BCUT2D eigenvalue weighted by molar-refractivity contribution is 5.92. The van der Waals surface area contributed by atoms with Crippen molar-refractivity contribution in [2.45, 2.75) is 44.9 Å². The average Bonchev–Trinajstić information content (AvgIpc) is 2.72. The summed E-state index contributed by atoms with van der Waals surface area (Å²) in [6.07, 6.45) is 6.91. The van der Waals surface area contributed by atoms with Gasteiger partial charge in [-0.1, -0.05) is 18.2 Å². The van der Waals surface area contributed by atoms with E-state index in [9.17, 15) is 4.79 Å². The SMILES string of the molecule is CC(C)N1C[C@H](Oc2ccccc2)[C@@H]1C1CCN(C(=O)c2cnccn2)CC1. The van der Waals surface area contributed by atoms with Gasteiger partial charge < -0.3 is 9.64 Å². The Balaban J connectivity index is 1.39. The lowest BCUT2D eigenvalue weighted by molar-refractivity contribution is -0.0983. The summed E-state index contributed by atoms with van der Waals surface area (Å²) in [5.74, 6) is 1.46. The van der Waals surface area contributed by atoms with E-state index in [1.54, 1.807) is 18.6 Å². The van der Waals surface area contributed by atoms with Gasteiger partial charge in [-0.05, 0) is 44.7 Å². The molecule has 1 amide bonds. The first-order valence-electron chi connectivity index (χ1n) is 10.2. The largest absolute Gasteiger partial charge is 0.487 e. The molecule has 0 unspecified atom stereocenters. The second kappa shape index (κ2) is 8.27. The molecule has 3 heterocycles. The summed E-state index contributed by atoms with van der Waals surface area (Å²) < 4.78 is 6.30. The number of benzene rings is 1.